The molecule has 100 valence electrons. The molecule has 1 fully saturated rings. The van der Waals surface area contributed by atoms with Gasteiger partial charge in [-0.3, -0.25) is 0 Å². The highest BCUT2D eigenvalue weighted by atomic mass is 14.9. The minimum Gasteiger partial charge on any atom is -0.384 e. The largest absolute Gasteiger partial charge is 0.384 e. The molecule has 2 heteroatoms. The van der Waals surface area contributed by atoms with Crippen molar-refractivity contribution in [2.24, 2.45) is 5.41 Å². The second-order valence-electron chi connectivity index (χ2n) is 5.98. The highest BCUT2D eigenvalue weighted by Crippen LogP contribution is 2.40. The molecule has 0 atom stereocenters. The van der Waals surface area contributed by atoms with Crippen molar-refractivity contribution in [2.45, 2.75) is 39.0 Å². The number of para-hydroxylation sites is 1. The zero-order valence-electron chi connectivity index (χ0n) is 11.9. The van der Waals surface area contributed by atoms with Crippen LogP contribution >= 0.6 is 0 Å². The molecule has 1 aliphatic carbocycles. The van der Waals surface area contributed by atoms with Crippen LogP contribution in [0.2, 0.25) is 0 Å². The summed E-state index contributed by atoms with van der Waals surface area (Å²) in [6.45, 7) is 6.74. The Hall–Kier alpha value is -1.02. The lowest BCUT2D eigenvalue weighted by molar-refractivity contribution is 0.151. The Morgan fingerprint density at radius 1 is 1.17 bits per heavy atom. The molecule has 0 unspecified atom stereocenters. The van der Waals surface area contributed by atoms with Crippen LogP contribution in [0.3, 0.4) is 0 Å². The summed E-state index contributed by atoms with van der Waals surface area (Å²) in [5, 5.41) is 7.03. The third-order valence-electron chi connectivity index (χ3n) is 4.20. The average Bonchev–Trinajstić information content (AvgIpc) is 2.32. The molecule has 0 aromatic heterocycles. The fourth-order valence-electron chi connectivity index (χ4n) is 2.91. The zero-order valence-corrected chi connectivity index (χ0v) is 11.9. The Morgan fingerprint density at radius 2 is 1.89 bits per heavy atom. The highest BCUT2D eigenvalue weighted by Gasteiger charge is 2.36. The van der Waals surface area contributed by atoms with Crippen molar-refractivity contribution in [3.8, 4) is 0 Å². The van der Waals surface area contributed by atoms with Crippen molar-refractivity contribution in [1.82, 2.24) is 5.32 Å². The normalized spacial score (nSPS) is 17.6. The van der Waals surface area contributed by atoms with Crippen LogP contribution < -0.4 is 10.6 Å². The Labute approximate surface area is 111 Å². The molecule has 0 aliphatic heterocycles. The lowest BCUT2D eigenvalue weighted by atomic mass is 9.68. The van der Waals surface area contributed by atoms with Gasteiger partial charge in [-0.2, -0.15) is 0 Å². The van der Waals surface area contributed by atoms with Crippen molar-refractivity contribution in [3.63, 3.8) is 0 Å². The number of nitrogens with one attached hydrogen (secondary N) is 2. The van der Waals surface area contributed by atoms with Gasteiger partial charge in [-0.05, 0) is 37.4 Å². The molecule has 1 saturated carbocycles. The number of rotatable bonds is 6. The average molecular weight is 246 g/mol. The molecule has 0 heterocycles. The molecule has 1 aliphatic rings. The van der Waals surface area contributed by atoms with Gasteiger partial charge in [-0.25, -0.2) is 0 Å². The fraction of sp³-hybridized carbons (Fsp3) is 0.625. The SMILES string of the molecule is CNCC1(CNc2ccccc2C(C)C)CCC1. The van der Waals surface area contributed by atoms with Crippen LogP contribution in [0.1, 0.15) is 44.6 Å². The van der Waals surface area contributed by atoms with Gasteiger partial charge in [0.05, 0.1) is 0 Å². The minimum atomic E-state index is 0.485. The topological polar surface area (TPSA) is 24.1 Å². The van der Waals surface area contributed by atoms with Gasteiger partial charge in [0.1, 0.15) is 0 Å². The van der Waals surface area contributed by atoms with Gasteiger partial charge in [0.2, 0.25) is 0 Å². The second kappa shape index (κ2) is 5.75. The maximum atomic E-state index is 3.68. The van der Waals surface area contributed by atoms with Crippen LogP contribution in [0, 0.1) is 5.41 Å². The van der Waals surface area contributed by atoms with Crippen LogP contribution in [-0.4, -0.2) is 20.1 Å². The molecule has 0 amide bonds. The molecule has 0 bridgehead atoms. The van der Waals surface area contributed by atoms with Gasteiger partial charge in [0.15, 0.2) is 0 Å². The van der Waals surface area contributed by atoms with Gasteiger partial charge >= 0.3 is 0 Å². The van der Waals surface area contributed by atoms with Crippen molar-refractivity contribution in [1.29, 1.82) is 0 Å². The van der Waals surface area contributed by atoms with E-state index in [1.54, 1.807) is 0 Å². The van der Waals surface area contributed by atoms with Crippen molar-refractivity contribution in [3.05, 3.63) is 29.8 Å². The van der Waals surface area contributed by atoms with E-state index in [-0.39, 0.29) is 0 Å². The summed E-state index contributed by atoms with van der Waals surface area (Å²) in [7, 11) is 2.06. The van der Waals surface area contributed by atoms with E-state index in [1.165, 1.54) is 30.5 Å². The molecule has 0 radical (unpaired) electrons. The first-order chi connectivity index (χ1) is 8.67. The van der Waals surface area contributed by atoms with Gasteiger partial charge < -0.3 is 10.6 Å². The number of hydrogen-bond donors (Lipinski definition) is 2. The zero-order chi connectivity index (χ0) is 13.0. The Balaban J connectivity index is 2.01. The van der Waals surface area contributed by atoms with Gasteiger partial charge in [0.25, 0.3) is 0 Å². The van der Waals surface area contributed by atoms with E-state index >= 15 is 0 Å². The lowest BCUT2D eigenvalue weighted by Crippen LogP contribution is -2.44. The third kappa shape index (κ3) is 2.86. The lowest BCUT2D eigenvalue weighted by Gasteiger charge is -2.42. The van der Waals surface area contributed by atoms with E-state index in [9.17, 15) is 0 Å². The summed E-state index contributed by atoms with van der Waals surface area (Å²) in [6.07, 6.45) is 4.09. The van der Waals surface area contributed by atoms with E-state index in [2.05, 4.69) is 55.8 Å². The molecule has 18 heavy (non-hydrogen) atoms. The third-order valence-corrected chi connectivity index (χ3v) is 4.20. The van der Waals surface area contributed by atoms with Gasteiger partial charge in [-0.1, -0.05) is 38.5 Å². The maximum absolute atomic E-state index is 3.68. The molecule has 2 nitrogen and oxygen atoms in total. The highest BCUT2D eigenvalue weighted by molar-refractivity contribution is 5.52. The van der Waals surface area contributed by atoms with Crippen LogP contribution in [-0.2, 0) is 0 Å². The molecular weight excluding hydrogens is 220 g/mol. The summed E-state index contributed by atoms with van der Waals surface area (Å²) in [5.41, 5.74) is 3.23. The van der Waals surface area contributed by atoms with E-state index < -0.39 is 0 Å². The first kappa shape index (κ1) is 13.4. The minimum absolute atomic E-state index is 0.485. The van der Waals surface area contributed by atoms with Crippen molar-refractivity contribution in [2.75, 3.05) is 25.5 Å². The molecule has 0 spiro atoms. The summed E-state index contributed by atoms with van der Waals surface area (Å²) in [5.74, 6) is 0.579. The van der Waals surface area contributed by atoms with Crippen LogP contribution in [0.25, 0.3) is 0 Å². The van der Waals surface area contributed by atoms with Crippen LogP contribution in [0.4, 0.5) is 5.69 Å². The van der Waals surface area contributed by atoms with E-state index in [0.29, 0.717) is 11.3 Å². The predicted molar refractivity (Wildman–Crippen MR) is 79.2 cm³/mol. The number of anilines is 1. The smallest absolute Gasteiger partial charge is 0.0375 e. The number of benzene rings is 1. The molecular formula is C16H26N2. The summed E-state index contributed by atoms with van der Waals surface area (Å²) in [6, 6.07) is 8.70. The first-order valence-corrected chi connectivity index (χ1v) is 7.14. The van der Waals surface area contributed by atoms with Gasteiger partial charge in [0, 0.05) is 24.2 Å². The predicted octanol–water partition coefficient (Wildman–Crippen LogP) is 3.61. The summed E-state index contributed by atoms with van der Waals surface area (Å²) < 4.78 is 0. The Bertz CT molecular complexity index is 380. The molecule has 2 N–H and O–H groups in total. The standard InChI is InChI=1S/C16H26N2/c1-13(2)14-7-4-5-8-15(14)18-12-16(11-17-3)9-6-10-16/h4-5,7-8,13,17-18H,6,9-12H2,1-3H3. The maximum Gasteiger partial charge on any atom is 0.0375 e. The molecule has 0 saturated heterocycles. The van der Waals surface area contributed by atoms with Crippen LogP contribution in [0.5, 0.6) is 0 Å². The summed E-state index contributed by atoms with van der Waals surface area (Å²) >= 11 is 0. The number of hydrogen-bond acceptors (Lipinski definition) is 2. The van der Waals surface area contributed by atoms with E-state index in [0.717, 1.165) is 13.1 Å². The second-order valence-corrected chi connectivity index (χ2v) is 5.98. The fourth-order valence-corrected chi connectivity index (χ4v) is 2.91. The molecule has 2 rings (SSSR count). The van der Waals surface area contributed by atoms with Crippen molar-refractivity contribution < 1.29 is 0 Å². The van der Waals surface area contributed by atoms with E-state index in [4.69, 9.17) is 0 Å². The van der Waals surface area contributed by atoms with Gasteiger partial charge in [-0.15, -0.1) is 0 Å². The monoisotopic (exact) mass is 246 g/mol. The summed E-state index contributed by atoms with van der Waals surface area (Å²) in [4.78, 5) is 0. The van der Waals surface area contributed by atoms with E-state index in [1.807, 2.05) is 0 Å². The Morgan fingerprint density at radius 3 is 2.44 bits per heavy atom. The van der Waals surface area contributed by atoms with Crippen LogP contribution in [0.15, 0.2) is 24.3 Å². The van der Waals surface area contributed by atoms with Crippen molar-refractivity contribution >= 4 is 5.69 Å². The Kier molecular flexibility index (Phi) is 4.28. The molecule has 1 aromatic carbocycles. The quantitative estimate of drug-likeness (QED) is 0.801. The molecule has 1 aromatic rings. The first-order valence-electron chi connectivity index (χ1n) is 7.14.